The fraction of sp³-hybridized carbons (Fsp3) is 0.409. The highest BCUT2D eigenvalue weighted by Crippen LogP contribution is 2.20. The van der Waals surface area contributed by atoms with E-state index in [0.29, 0.717) is 6.42 Å². The predicted molar refractivity (Wildman–Crippen MR) is 112 cm³/mol. The van der Waals surface area contributed by atoms with Crippen LogP contribution in [0.1, 0.15) is 25.3 Å². The van der Waals surface area contributed by atoms with E-state index >= 15 is 0 Å². The topological polar surface area (TPSA) is 99.3 Å². The van der Waals surface area contributed by atoms with E-state index in [1.165, 1.54) is 6.92 Å². The Morgan fingerprint density at radius 2 is 1.76 bits per heavy atom. The quantitative estimate of drug-likeness (QED) is 0.526. The average molecular weight is 396 g/mol. The van der Waals surface area contributed by atoms with Crippen molar-refractivity contribution in [2.45, 2.75) is 32.2 Å². The van der Waals surface area contributed by atoms with E-state index in [0.717, 1.165) is 42.3 Å². The Morgan fingerprint density at radius 3 is 2.52 bits per heavy atom. The van der Waals surface area contributed by atoms with E-state index in [9.17, 15) is 14.4 Å². The highest BCUT2D eigenvalue weighted by molar-refractivity contribution is 5.91. The number of carbonyl (C=O) groups is 3. The second-order valence-electron chi connectivity index (χ2n) is 7.38. The summed E-state index contributed by atoms with van der Waals surface area (Å²) in [4.78, 5) is 36.6. The fourth-order valence-electron chi connectivity index (χ4n) is 3.65. The Kier molecular flexibility index (Phi) is 7.19. The molecule has 0 radical (unpaired) electrons. The van der Waals surface area contributed by atoms with Crippen LogP contribution >= 0.6 is 0 Å². The molecular formula is C22H28N4O3. The van der Waals surface area contributed by atoms with E-state index in [1.807, 2.05) is 42.5 Å². The van der Waals surface area contributed by atoms with Crippen molar-refractivity contribution in [3.05, 3.63) is 48.0 Å². The van der Waals surface area contributed by atoms with Crippen LogP contribution in [0.25, 0.3) is 10.8 Å². The molecule has 29 heavy (non-hydrogen) atoms. The molecule has 154 valence electrons. The molecule has 1 heterocycles. The lowest BCUT2D eigenvalue weighted by Crippen LogP contribution is -2.52. The maximum Gasteiger partial charge on any atom is 0.244 e. The van der Waals surface area contributed by atoms with E-state index < -0.39 is 6.04 Å². The lowest BCUT2D eigenvalue weighted by molar-refractivity contribution is -0.131. The van der Waals surface area contributed by atoms with Gasteiger partial charge in [0.05, 0.1) is 6.67 Å². The van der Waals surface area contributed by atoms with Crippen LogP contribution in [0.2, 0.25) is 0 Å². The third-order valence-corrected chi connectivity index (χ3v) is 5.25. The van der Waals surface area contributed by atoms with Crippen molar-refractivity contribution in [1.82, 2.24) is 21.3 Å². The van der Waals surface area contributed by atoms with Crippen molar-refractivity contribution in [1.29, 1.82) is 0 Å². The van der Waals surface area contributed by atoms with Gasteiger partial charge in [-0.2, -0.15) is 0 Å². The molecule has 2 aromatic carbocycles. The molecular weight excluding hydrogens is 368 g/mol. The first-order chi connectivity index (χ1) is 14.0. The minimum absolute atomic E-state index is 0.0312. The second-order valence-corrected chi connectivity index (χ2v) is 7.38. The number of carbonyl (C=O) groups excluding carboxylic acids is 3. The smallest absolute Gasteiger partial charge is 0.244 e. The van der Waals surface area contributed by atoms with Crippen molar-refractivity contribution in [2.24, 2.45) is 5.92 Å². The zero-order chi connectivity index (χ0) is 20.6. The van der Waals surface area contributed by atoms with Gasteiger partial charge >= 0.3 is 0 Å². The van der Waals surface area contributed by atoms with Crippen molar-refractivity contribution < 1.29 is 14.4 Å². The zero-order valence-corrected chi connectivity index (χ0v) is 16.7. The highest BCUT2D eigenvalue weighted by Gasteiger charge is 2.27. The molecule has 0 spiro atoms. The lowest BCUT2D eigenvalue weighted by atomic mass is 9.95. The highest BCUT2D eigenvalue weighted by atomic mass is 16.2. The van der Waals surface area contributed by atoms with Gasteiger partial charge in [0.2, 0.25) is 17.7 Å². The van der Waals surface area contributed by atoms with E-state index in [1.54, 1.807) is 0 Å². The first-order valence-electron chi connectivity index (χ1n) is 10.0. The molecule has 2 aromatic rings. The lowest BCUT2D eigenvalue weighted by Gasteiger charge is -2.25. The number of piperidine rings is 1. The standard InChI is InChI=1S/C22H28N4O3/c1-15(27)24-14-25-22(29)20(26-21(28)17-9-11-23-12-10-17)13-18-7-4-6-16-5-2-3-8-19(16)18/h2-8,17,20,23H,9-14H2,1H3,(H,24,27)(H,25,29)(H,26,28). The fourth-order valence-corrected chi connectivity index (χ4v) is 3.65. The Hall–Kier alpha value is -2.93. The number of rotatable bonds is 7. The van der Waals surface area contributed by atoms with Crippen LogP contribution in [0.5, 0.6) is 0 Å². The van der Waals surface area contributed by atoms with Gasteiger partial charge in [-0.3, -0.25) is 14.4 Å². The number of amides is 3. The summed E-state index contributed by atoms with van der Waals surface area (Å²) >= 11 is 0. The SMILES string of the molecule is CC(=O)NCNC(=O)C(Cc1cccc2ccccc12)NC(=O)C1CCNCC1. The molecule has 7 heteroatoms. The van der Waals surface area contributed by atoms with Crippen LogP contribution in [0, 0.1) is 5.92 Å². The summed E-state index contributed by atoms with van der Waals surface area (Å²) in [5.41, 5.74) is 0.994. The number of hydrogen-bond acceptors (Lipinski definition) is 4. The van der Waals surface area contributed by atoms with Crippen LogP contribution < -0.4 is 21.3 Å². The summed E-state index contributed by atoms with van der Waals surface area (Å²) in [7, 11) is 0. The summed E-state index contributed by atoms with van der Waals surface area (Å²) in [5, 5.41) is 13.6. The average Bonchev–Trinajstić information content (AvgIpc) is 2.73. The largest absolute Gasteiger partial charge is 0.344 e. The Balaban J connectivity index is 1.76. The zero-order valence-electron chi connectivity index (χ0n) is 16.7. The molecule has 0 saturated carbocycles. The van der Waals surface area contributed by atoms with Gasteiger partial charge in [0, 0.05) is 19.3 Å². The van der Waals surface area contributed by atoms with Crippen LogP contribution in [0.15, 0.2) is 42.5 Å². The van der Waals surface area contributed by atoms with Gasteiger partial charge in [0.1, 0.15) is 6.04 Å². The Morgan fingerprint density at radius 1 is 1.03 bits per heavy atom. The molecule has 1 aliphatic rings. The van der Waals surface area contributed by atoms with Crippen LogP contribution in [-0.2, 0) is 20.8 Å². The maximum absolute atomic E-state index is 12.8. The molecule has 0 aromatic heterocycles. The minimum Gasteiger partial charge on any atom is -0.344 e. The summed E-state index contributed by atoms with van der Waals surface area (Å²) in [5.74, 6) is -0.718. The normalized spacial score (nSPS) is 15.5. The molecule has 1 atom stereocenters. The van der Waals surface area contributed by atoms with E-state index in [4.69, 9.17) is 0 Å². The molecule has 3 rings (SSSR count). The summed E-state index contributed by atoms with van der Waals surface area (Å²) < 4.78 is 0. The molecule has 0 bridgehead atoms. The van der Waals surface area contributed by atoms with Gasteiger partial charge < -0.3 is 21.3 Å². The van der Waals surface area contributed by atoms with Gasteiger partial charge in [0.25, 0.3) is 0 Å². The number of hydrogen-bond donors (Lipinski definition) is 4. The summed E-state index contributed by atoms with van der Waals surface area (Å²) in [6.07, 6.45) is 1.91. The van der Waals surface area contributed by atoms with Crippen LogP contribution in [0.3, 0.4) is 0 Å². The summed E-state index contributed by atoms with van der Waals surface area (Å²) in [6, 6.07) is 13.2. The molecule has 3 amide bonds. The van der Waals surface area contributed by atoms with Crippen molar-refractivity contribution >= 4 is 28.5 Å². The summed E-state index contributed by atoms with van der Waals surface area (Å²) in [6.45, 7) is 3.03. The third kappa shape index (κ3) is 5.77. The molecule has 1 fully saturated rings. The van der Waals surface area contributed by atoms with Gasteiger partial charge in [-0.15, -0.1) is 0 Å². The number of benzene rings is 2. The second kappa shape index (κ2) is 10.0. The minimum atomic E-state index is -0.711. The molecule has 1 saturated heterocycles. The van der Waals surface area contributed by atoms with Gasteiger partial charge in [-0.25, -0.2) is 0 Å². The first kappa shape index (κ1) is 20.8. The monoisotopic (exact) mass is 396 g/mol. The van der Waals surface area contributed by atoms with Crippen molar-refractivity contribution in [2.75, 3.05) is 19.8 Å². The third-order valence-electron chi connectivity index (χ3n) is 5.25. The number of fused-ring (bicyclic) bond motifs is 1. The molecule has 4 N–H and O–H groups in total. The molecule has 1 unspecified atom stereocenters. The van der Waals surface area contributed by atoms with Crippen LogP contribution in [-0.4, -0.2) is 43.5 Å². The predicted octanol–water partition coefficient (Wildman–Crippen LogP) is 1.08. The van der Waals surface area contributed by atoms with Gasteiger partial charge in [-0.05, 0) is 42.3 Å². The maximum atomic E-state index is 12.8. The molecule has 7 nitrogen and oxygen atoms in total. The Labute approximate surface area is 170 Å². The van der Waals surface area contributed by atoms with Crippen molar-refractivity contribution in [3.8, 4) is 0 Å². The number of nitrogens with one attached hydrogen (secondary N) is 4. The van der Waals surface area contributed by atoms with Crippen LogP contribution in [0.4, 0.5) is 0 Å². The Bertz CT molecular complexity index is 872. The molecule has 1 aliphatic heterocycles. The molecule has 0 aliphatic carbocycles. The van der Waals surface area contributed by atoms with E-state index in [-0.39, 0.29) is 30.3 Å². The van der Waals surface area contributed by atoms with Gasteiger partial charge in [-0.1, -0.05) is 42.5 Å². The van der Waals surface area contributed by atoms with Gasteiger partial charge in [0.15, 0.2) is 0 Å². The van der Waals surface area contributed by atoms with Crippen molar-refractivity contribution in [3.63, 3.8) is 0 Å². The first-order valence-corrected chi connectivity index (χ1v) is 10.0. The van der Waals surface area contributed by atoms with E-state index in [2.05, 4.69) is 21.3 Å².